The van der Waals surface area contributed by atoms with Crippen molar-refractivity contribution in [2.45, 2.75) is 72.1 Å². The first-order valence-corrected chi connectivity index (χ1v) is 15.6. The van der Waals surface area contributed by atoms with Gasteiger partial charge in [-0.3, -0.25) is 14.4 Å². The molecule has 1 N–H and O–H groups in total. The highest BCUT2D eigenvalue weighted by Gasteiger charge is 2.26. The van der Waals surface area contributed by atoms with Gasteiger partial charge in [-0.1, -0.05) is 38.1 Å². The Kier molecular flexibility index (Phi) is 12.2. The number of amides is 3. The average Bonchev–Trinajstić information content (AvgIpc) is 3.34. The topological polar surface area (TPSA) is 132 Å². The Bertz CT molecular complexity index is 1690. The molecular weight excluding hydrogens is 602 g/mol. The van der Waals surface area contributed by atoms with Gasteiger partial charge in [-0.15, -0.1) is 0 Å². The maximum absolute atomic E-state index is 13.7. The number of anilines is 1. The summed E-state index contributed by atoms with van der Waals surface area (Å²) in [6.07, 6.45) is 3.12. The summed E-state index contributed by atoms with van der Waals surface area (Å²) in [4.78, 5) is 67.4. The van der Waals surface area contributed by atoms with Crippen LogP contribution in [0.1, 0.15) is 58.7 Å². The number of rotatable bonds is 11. The van der Waals surface area contributed by atoms with Crippen molar-refractivity contribution in [3.63, 3.8) is 0 Å². The number of allylic oxidation sites excluding steroid dienone is 1. The van der Waals surface area contributed by atoms with Gasteiger partial charge >= 0.3 is 12.2 Å². The summed E-state index contributed by atoms with van der Waals surface area (Å²) < 4.78 is 14.1. The van der Waals surface area contributed by atoms with Gasteiger partial charge in [-0.2, -0.15) is 0 Å². The largest absolute Gasteiger partial charge is 0.443 e. The molecule has 1 aromatic carbocycles. The molecule has 2 heterocycles. The van der Waals surface area contributed by atoms with Crippen LogP contribution in [-0.4, -0.2) is 82.8 Å². The Morgan fingerprint density at radius 1 is 1.00 bits per heavy atom. The second-order valence-corrected chi connectivity index (χ2v) is 13.2. The average molecular weight is 650 g/mol. The lowest BCUT2D eigenvalue weighted by molar-refractivity contribution is -0.125. The summed E-state index contributed by atoms with van der Waals surface area (Å²) in [5.74, 6) is -0.571. The number of hydrogen-bond donors (Lipinski definition) is 1. The van der Waals surface area contributed by atoms with Crippen molar-refractivity contribution >= 4 is 40.6 Å². The van der Waals surface area contributed by atoms with E-state index in [1.54, 1.807) is 53.2 Å². The molecule has 0 bridgehead atoms. The van der Waals surface area contributed by atoms with Crippen molar-refractivity contribution in [3.8, 4) is 0 Å². The van der Waals surface area contributed by atoms with E-state index in [-0.39, 0.29) is 31.0 Å². The first-order valence-electron chi connectivity index (χ1n) is 15.6. The number of carbonyl (C=O) groups excluding carboxylic acids is 4. The van der Waals surface area contributed by atoms with E-state index in [0.717, 1.165) is 22.9 Å². The van der Waals surface area contributed by atoms with Gasteiger partial charge in [0, 0.05) is 39.8 Å². The highest BCUT2D eigenvalue weighted by atomic mass is 16.6. The number of pyridine rings is 1. The van der Waals surface area contributed by atoms with Gasteiger partial charge in [-0.25, -0.2) is 14.2 Å². The van der Waals surface area contributed by atoms with Crippen molar-refractivity contribution in [2.24, 2.45) is 5.92 Å². The highest BCUT2D eigenvalue weighted by Crippen LogP contribution is 2.27. The third kappa shape index (κ3) is 10.1. The van der Waals surface area contributed by atoms with E-state index >= 15 is 0 Å². The SMILES string of the molecule is CC(C)Cc1cccc2cc(Cn3cccc(NC(=O)C(CC/C=C/C(=O)N(C)C)OC(=O)N(C)C)c3=O)n(C(=O)OC(C)(C)C)c12. The third-order valence-corrected chi connectivity index (χ3v) is 7.00. The van der Waals surface area contributed by atoms with Crippen LogP contribution < -0.4 is 10.9 Å². The Hall–Kier alpha value is -4.87. The van der Waals surface area contributed by atoms with E-state index in [4.69, 9.17) is 9.47 Å². The Morgan fingerprint density at radius 2 is 1.70 bits per heavy atom. The lowest BCUT2D eigenvalue weighted by atomic mass is 10.0. The van der Waals surface area contributed by atoms with Gasteiger partial charge in [0.15, 0.2) is 6.10 Å². The molecule has 1 atom stereocenters. The molecule has 254 valence electrons. The van der Waals surface area contributed by atoms with Crippen LogP contribution in [0.15, 0.2) is 59.5 Å². The normalized spacial score (nSPS) is 12.3. The maximum Gasteiger partial charge on any atom is 0.419 e. The van der Waals surface area contributed by atoms with E-state index in [1.165, 1.54) is 45.2 Å². The molecule has 0 aliphatic carbocycles. The molecule has 0 aliphatic rings. The molecule has 0 radical (unpaired) electrons. The highest BCUT2D eigenvalue weighted by molar-refractivity contribution is 5.95. The predicted molar refractivity (Wildman–Crippen MR) is 182 cm³/mol. The quantitative estimate of drug-likeness (QED) is 0.280. The van der Waals surface area contributed by atoms with Gasteiger partial charge in [0.1, 0.15) is 11.3 Å². The number of nitrogens with zero attached hydrogens (tertiary/aromatic N) is 4. The van der Waals surface area contributed by atoms with Crippen LogP contribution in [0.2, 0.25) is 0 Å². The minimum Gasteiger partial charge on any atom is -0.443 e. The van der Waals surface area contributed by atoms with Crippen molar-refractivity contribution in [2.75, 3.05) is 33.5 Å². The maximum atomic E-state index is 13.7. The van der Waals surface area contributed by atoms with Crippen molar-refractivity contribution in [3.05, 3.63) is 76.4 Å². The lowest BCUT2D eigenvalue weighted by Crippen LogP contribution is -2.37. The lowest BCUT2D eigenvalue weighted by Gasteiger charge is -2.22. The fourth-order valence-corrected chi connectivity index (χ4v) is 4.82. The number of likely N-dealkylation sites (N-methyl/N-ethyl adjacent to an activating group) is 1. The number of aromatic nitrogens is 2. The molecule has 0 saturated heterocycles. The zero-order valence-electron chi connectivity index (χ0n) is 28.8. The van der Waals surface area contributed by atoms with Gasteiger partial charge in [-0.05, 0) is 75.8 Å². The molecule has 3 amide bonds. The van der Waals surface area contributed by atoms with Crippen LogP contribution in [0.4, 0.5) is 15.3 Å². The fourth-order valence-electron chi connectivity index (χ4n) is 4.82. The molecule has 12 nitrogen and oxygen atoms in total. The molecule has 2 aromatic heterocycles. The predicted octanol–water partition coefficient (Wildman–Crippen LogP) is 5.26. The van der Waals surface area contributed by atoms with Crippen molar-refractivity contribution in [1.82, 2.24) is 18.9 Å². The van der Waals surface area contributed by atoms with Crippen molar-refractivity contribution < 1.29 is 28.7 Å². The second-order valence-electron chi connectivity index (χ2n) is 13.2. The fraction of sp³-hybridized carbons (Fsp3) is 0.457. The number of fused-ring (bicyclic) bond motifs is 1. The van der Waals surface area contributed by atoms with Crippen molar-refractivity contribution in [1.29, 1.82) is 0 Å². The molecule has 12 heteroatoms. The van der Waals surface area contributed by atoms with E-state index in [0.29, 0.717) is 11.6 Å². The van der Waals surface area contributed by atoms with E-state index in [9.17, 15) is 24.0 Å². The minimum absolute atomic E-state index is 0.0152. The summed E-state index contributed by atoms with van der Waals surface area (Å²) in [7, 11) is 6.22. The third-order valence-electron chi connectivity index (χ3n) is 7.00. The molecule has 3 rings (SSSR count). The Morgan fingerprint density at radius 3 is 2.32 bits per heavy atom. The molecular formula is C35H47N5O7. The Balaban J connectivity index is 1.95. The van der Waals surface area contributed by atoms with Crippen LogP contribution in [0.3, 0.4) is 0 Å². The summed E-state index contributed by atoms with van der Waals surface area (Å²) in [6, 6.07) is 10.8. The van der Waals surface area contributed by atoms with Crippen LogP contribution >= 0.6 is 0 Å². The molecule has 0 spiro atoms. The van der Waals surface area contributed by atoms with Crippen LogP contribution in [-0.2, 0) is 32.0 Å². The van der Waals surface area contributed by atoms with Gasteiger partial charge < -0.3 is 29.2 Å². The van der Waals surface area contributed by atoms with Crippen LogP contribution in [0, 0.1) is 5.92 Å². The molecule has 3 aromatic rings. The first kappa shape index (κ1) is 36.6. The summed E-state index contributed by atoms with van der Waals surface area (Å²) in [6.45, 7) is 9.62. The number of carbonyl (C=O) groups is 4. The van der Waals surface area contributed by atoms with E-state index in [2.05, 4.69) is 19.2 Å². The van der Waals surface area contributed by atoms with E-state index < -0.39 is 35.4 Å². The standard InChI is InChI=1S/C35H47N5O7/c1-23(2)20-24-14-12-15-25-21-26(40(30(24)25)34(45)47-35(3,4)5)22-39-19-13-16-27(32(39)43)36-31(42)28(46-33(44)38(8)9)17-10-11-18-29(41)37(6)7/h11-16,18-19,21,23,28H,10,17,20,22H2,1-9H3,(H,36,42)/b18-11+. The van der Waals surface area contributed by atoms with E-state index in [1.807, 2.05) is 24.3 Å². The minimum atomic E-state index is -1.23. The Labute approximate surface area is 275 Å². The monoisotopic (exact) mass is 649 g/mol. The second kappa shape index (κ2) is 15.6. The van der Waals surface area contributed by atoms with Gasteiger partial charge in [0.05, 0.1) is 17.8 Å². The summed E-state index contributed by atoms with van der Waals surface area (Å²) in [5, 5.41) is 3.45. The van der Waals surface area contributed by atoms with Gasteiger partial charge in [0.25, 0.3) is 11.5 Å². The van der Waals surface area contributed by atoms with Crippen LogP contribution in [0.5, 0.6) is 0 Å². The number of benzene rings is 1. The number of para-hydroxylation sites is 1. The summed E-state index contributed by atoms with van der Waals surface area (Å²) in [5.41, 5.74) is 0.967. The number of hydrogen-bond acceptors (Lipinski definition) is 7. The smallest absolute Gasteiger partial charge is 0.419 e. The zero-order chi connectivity index (χ0) is 35.1. The molecule has 1 unspecified atom stereocenters. The molecule has 0 saturated carbocycles. The first-order chi connectivity index (χ1) is 22.0. The molecule has 0 fully saturated rings. The molecule has 47 heavy (non-hydrogen) atoms. The summed E-state index contributed by atoms with van der Waals surface area (Å²) >= 11 is 0. The number of ether oxygens (including phenoxy) is 2. The van der Waals surface area contributed by atoms with Crippen LogP contribution in [0.25, 0.3) is 10.9 Å². The van der Waals surface area contributed by atoms with Gasteiger partial charge in [0.2, 0.25) is 5.91 Å². The number of nitrogens with one attached hydrogen (secondary N) is 1. The zero-order valence-corrected chi connectivity index (χ0v) is 28.8. The molecule has 0 aliphatic heterocycles.